The fourth-order valence-corrected chi connectivity index (χ4v) is 1.90. The molecule has 0 spiro atoms. The van der Waals surface area contributed by atoms with E-state index in [4.69, 9.17) is 0 Å². The van der Waals surface area contributed by atoms with Gasteiger partial charge in [0.2, 0.25) is 0 Å². The summed E-state index contributed by atoms with van der Waals surface area (Å²) < 4.78 is 13.4. The van der Waals surface area contributed by atoms with E-state index in [2.05, 4.69) is 0 Å². The van der Waals surface area contributed by atoms with Crippen LogP contribution in [0.3, 0.4) is 0 Å². The summed E-state index contributed by atoms with van der Waals surface area (Å²) in [5, 5.41) is 0. The molecule has 0 heterocycles. The van der Waals surface area contributed by atoms with E-state index in [1.54, 1.807) is 17.2 Å². The Balaban J connectivity index is 2.47. The van der Waals surface area contributed by atoms with Crippen molar-refractivity contribution in [2.75, 3.05) is 14.1 Å². The number of allylic oxidation sites excluding steroid dienone is 1. The van der Waals surface area contributed by atoms with E-state index in [1.807, 2.05) is 44.4 Å². The fraction of sp³-hybridized carbons (Fsp3) is 0.118. The molecule has 2 aromatic rings. The van der Waals surface area contributed by atoms with E-state index in [9.17, 15) is 9.18 Å². The molecule has 0 saturated carbocycles. The van der Waals surface area contributed by atoms with Crippen LogP contribution >= 0.6 is 0 Å². The van der Waals surface area contributed by atoms with E-state index >= 15 is 0 Å². The Morgan fingerprint density at radius 1 is 1.10 bits per heavy atom. The molecular weight excluding hydrogens is 253 g/mol. The molecule has 0 bridgehead atoms. The summed E-state index contributed by atoms with van der Waals surface area (Å²) >= 11 is 0. The maximum Gasteiger partial charge on any atom is 0.188 e. The molecule has 0 radical (unpaired) electrons. The number of hydrogen-bond donors (Lipinski definition) is 0. The van der Waals surface area contributed by atoms with E-state index in [0.717, 1.165) is 11.1 Å². The SMILES string of the molecule is CN(C)/C=C/C(=O)c1cc(F)ccc1-c1ccccc1. The third-order valence-corrected chi connectivity index (χ3v) is 2.86. The molecule has 20 heavy (non-hydrogen) atoms. The van der Waals surface area contributed by atoms with Crippen molar-refractivity contribution in [1.82, 2.24) is 4.90 Å². The van der Waals surface area contributed by atoms with Gasteiger partial charge in [-0.25, -0.2) is 4.39 Å². The number of nitrogens with zero attached hydrogens (tertiary/aromatic N) is 1. The minimum Gasteiger partial charge on any atom is -0.383 e. The van der Waals surface area contributed by atoms with E-state index < -0.39 is 5.82 Å². The first kappa shape index (κ1) is 14.0. The Labute approximate surface area is 118 Å². The van der Waals surface area contributed by atoms with Crippen LogP contribution in [0.2, 0.25) is 0 Å². The second kappa shape index (κ2) is 6.15. The van der Waals surface area contributed by atoms with E-state index in [-0.39, 0.29) is 5.78 Å². The Hall–Kier alpha value is -2.42. The van der Waals surface area contributed by atoms with Gasteiger partial charge in [0.25, 0.3) is 0 Å². The van der Waals surface area contributed by atoms with Crippen LogP contribution in [0.15, 0.2) is 60.8 Å². The van der Waals surface area contributed by atoms with Gasteiger partial charge in [-0.05, 0) is 23.3 Å². The first-order valence-electron chi connectivity index (χ1n) is 6.32. The topological polar surface area (TPSA) is 20.3 Å². The summed E-state index contributed by atoms with van der Waals surface area (Å²) in [5.41, 5.74) is 2.00. The molecule has 2 aromatic carbocycles. The molecule has 0 aliphatic rings. The number of carbonyl (C=O) groups excluding carboxylic acids is 1. The lowest BCUT2D eigenvalue weighted by Gasteiger charge is -2.08. The van der Waals surface area contributed by atoms with Crippen molar-refractivity contribution in [3.63, 3.8) is 0 Å². The number of benzene rings is 2. The molecule has 102 valence electrons. The van der Waals surface area contributed by atoms with Crippen LogP contribution in [-0.4, -0.2) is 24.8 Å². The van der Waals surface area contributed by atoms with Crippen molar-refractivity contribution in [2.24, 2.45) is 0 Å². The molecule has 0 saturated heterocycles. The lowest BCUT2D eigenvalue weighted by atomic mass is 9.97. The standard InChI is InChI=1S/C17H16FNO/c1-19(2)11-10-17(20)16-12-14(18)8-9-15(16)13-6-4-3-5-7-13/h3-12H,1-2H3/b11-10+. The molecule has 0 fully saturated rings. The number of hydrogen-bond acceptors (Lipinski definition) is 2. The molecule has 3 heteroatoms. The van der Waals surface area contributed by atoms with Crippen molar-refractivity contribution in [3.8, 4) is 11.1 Å². The van der Waals surface area contributed by atoms with Crippen LogP contribution in [0.1, 0.15) is 10.4 Å². The maximum atomic E-state index is 13.4. The van der Waals surface area contributed by atoms with Crippen molar-refractivity contribution in [1.29, 1.82) is 0 Å². The fourth-order valence-electron chi connectivity index (χ4n) is 1.90. The monoisotopic (exact) mass is 269 g/mol. The highest BCUT2D eigenvalue weighted by Gasteiger charge is 2.11. The molecule has 0 aromatic heterocycles. The normalized spacial score (nSPS) is 10.8. The number of carbonyl (C=O) groups is 1. The molecular formula is C17H16FNO. The van der Waals surface area contributed by atoms with Crippen LogP contribution in [0.4, 0.5) is 4.39 Å². The molecule has 2 rings (SSSR count). The number of rotatable bonds is 4. The zero-order valence-electron chi connectivity index (χ0n) is 11.5. The average molecular weight is 269 g/mol. The van der Waals surface area contributed by atoms with Crippen LogP contribution < -0.4 is 0 Å². The predicted molar refractivity (Wildman–Crippen MR) is 79.0 cm³/mol. The molecule has 0 N–H and O–H groups in total. The van der Waals surface area contributed by atoms with Gasteiger partial charge < -0.3 is 4.90 Å². The zero-order chi connectivity index (χ0) is 14.5. The van der Waals surface area contributed by atoms with E-state index in [1.165, 1.54) is 18.2 Å². The molecule has 0 aliphatic heterocycles. The van der Waals surface area contributed by atoms with Gasteiger partial charge in [-0.15, -0.1) is 0 Å². The smallest absolute Gasteiger partial charge is 0.188 e. The van der Waals surface area contributed by atoms with Gasteiger partial charge in [-0.3, -0.25) is 4.79 Å². The van der Waals surface area contributed by atoms with Crippen molar-refractivity contribution >= 4 is 5.78 Å². The molecule has 0 unspecified atom stereocenters. The Bertz CT molecular complexity index is 633. The van der Waals surface area contributed by atoms with Gasteiger partial charge in [0.1, 0.15) is 5.82 Å². The van der Waals surface area contributed by atoms with Crippen LogP contribution in [0.25, 0.3) is 11.1 Å². The van der Waals surface area contributed by atoms with Gasteiger partial charge in [-0.2, -0.15) is 0 Å². The highest BCUT2D eigenvalue weighted by molar-refractivity contribution is 6.09. The lowest BCUT2D eigenvalue weighted by Crippen LogP contribution is -2.04. The number of halogens is 1. The summed E-state index contributed by atoms with van der Waals surface area (Å²) in [6, 6.07) is 13.8. The van der Waals surface area contributed by atoms with Crippen molar-refractivity contribution in [2.45, 2.75) is 0 Å². The second-order valence-electron chi connectivity index (χ2n) is 4.70. The summed E-state index contributed by atoms with van der Waals surface area (Å²) in [5.74, 6) is -0.622. The van der Waals surface area contributed by atoms with Crippen LogP contribution in [-0.2, 0) is 0 Å². The van der Waals surface area contributed by atoms with Gasteiger partial charge in [0.05, 0.1) is 0 Å². The van der Waals surface area contributed by atoms with Gasteiger partial charge in [0, 0.05) is 31.9 Å². The van der Waals surface area contributed by atoms with Gasteiger partial charge in [-0.1, -0.05) is 36.4 Å². The summed E-state index contributed by atoms with van der Waals surface area (Å²) in [6.45, 7) is 0. The largest absolute Gasteiger partial charge is 0.383 e. The quantitative estimate of drug-likeness (QED) is 0.622. The Morgan fingerprint density at radius 2 is 1.80 bits per heavy atom. The average Bonchev–Trinajstić information content (AvgIpc) is 2.45. The van der Waals surface area contributed by atoms with Crippen LogP contribution in [0, 0.1) is 5.82 Å². The first-order chi connectivity index (χ1) is 9.58. The molecule has 2 nitrogen and oxygen atoms in total. The van der Waals surface area contributed by atoms with Crippen molar-refractivity contribution in [3.05, 3.63) is 72.2 Å². The maximum absolute atomic E-state index is 13.4. The zero-order valence-corrected chi connectivity index (χ0v) is 11.5. The second-order valence-corrected chi connectivity index (χ2v) is 4.70. The summed E-state index contributed by atoms with van der Waals surface area (Å²) in [7, 11) is 3.65. The van der Waals surface area contributed by atoms with Gasteiger partial charge >= 0.3 is 0 Å². The number of ketones is 1. The predicted octanol–water partition coefficient (Wildman–Crippen LogP) is 3.75. The third-order valence-electron chi connectivity index (χ3n) is 2.86. The Kier molecular flexibility index (Phi) is 4.31. The lowest BCUT2D eigenvalue weighted by molar-refractivity contribution is 0.104. The van der Waals surface area contributed by atoms with Crippen LogP contribution in [0.5, 0.6) is 0 Å². The third kappa shape index (κ3) is 3.32. The van der Waals surface area contributed by atoms with E-state index in [0.29, 0.717) is 5.56 Å². The highest BCUT2D eigenvalue weighted by Crippen LogP contribution is 2.25. The molecule has 0 atom stereocenters. The molecule has 0 amide bonds. The summed E-state index contributed by atoms with van der Waals surface area (Å²) in [6.07, 6.45) is 3.10. The van der Waals surface area contributed by atoms with Gasteiger partial charge in [0.15, 0.2) is 5.78 Å². The molecule has 0 aliphatic carbocycles. The summed E-state index contributed by atoms with van der Waals surface area (Å²) in [4.78, 5) is 14.0. The minimum atomic E-state index is -0.411. The first-order valence-corrected chi connectivity index (χ1v) is 6.32. The minimum absolute atomic E-state index is 0.211. The Morgan fingerprint density at radius 3 is 2.45 bits per heavy atom. The van der Waals surface area contributed by atoms with Crippen molar-refractivity contribution < 1.29 is 9.18 Å². The highest BCUT2D eigenvalue weighted by atomic mass is 19.1.